The van der Waals surface area contributed by atoms with Gasteiger partial charge in [0.05, 0.1) is 5.75 Å². The van der Waals surface area contributed by atoms with Crippen LogP contribution in [0.25, 0.3) is 6.08 Å². The minimum atomic E-state index is -3.86. The van der Waals surface area contributed by atoms with Crippen LogP contribution in [-0.4, -0.2) is 31.3 Å². The highest BCUT2D eigenvalue weighted by Gasteiger charge is 2.10. The first kappa shape index (κ1) is 18.4. The molecule has 6 heteroatoms. The highest BCUT2D eigenvalue weighted by molar-refractivity contribution is 9.10. The van der Waals surface area contributed by atoms with Crippen LogP contribution < -0.4 is 5.32 Å². The molecule has 0 spiro atoms. The van der Waals surface area contributed by atoms with Gasteiger partial charge in [-0.1, -0.05) is 54.1 Å². The average Bonchev–Trinajstić information content (AvgIpc) is 2.38. The lowest BCUT2D eigenvalue weighted by Crippen LogP contribution is -2.33. The van der Waals surface area contributed by atoms with Crippen LogP contribution in [0.2, 0.25) is 0 Å². The molecule has 4 nitrogen and oxygen atoms in total. The largest absolute Gasteiger partial charge is 0.310 e. The maximum Gasteiger partial charge on any atom is 0.264 e. The van der Waals surface area contributed by atoms with E-state index in [1.54, 1.807) is 0 Å². The van der Waals surface area contributed by atoms with Crippen molar-refractivity contribution in [3.8, 4) is 0 Å². The Morgan fingerprint density at radius 3 is 2.43 bits per heavy atom. The van der Waals surface area contributed by atoms with Gasteiger partial charge in [0.1, 0.15) is 0 Å². The second kappa shape index (κ2) is 8.68. The van der Waals surface area contributed by atoms with E-state index in [-0.39, 0.29) is 11.8 Å². The zero-order valence-electron chi connectivity index (χ0n) is 12.3. The molecule has 0 aliphatic rings. The molecule has 1 aromatic carbocycles. The highest BCUT2D eigenvalue weighted by atomic mass is 79.9. The third-order valence-corrected chi connectivity index (χ3v) is 4.38. The van der Waals surface area contributed by atoms with Crippen LogP contribution in [0.5, 0.6) is 0 Å². The fraction of sp³-hybridized carbons (Fsp3) is 0.467. The van der Waals surface area contributed by atoms with Crippen LogP contribution in [0.15, 0.2) is 34.8 Å². The van der Waals surface area contributed by atoms with Gasteiger partial charge in [0.15, 0.2) is 0 Å². The number of rotatable bonds is 8. The van der Waals surface area contributed by atoms with Crippen molar-refractivity contribution in [2.75, 3.05) is 12.3 Å². The van der Waals surface area contributed by atoms with E-state index in [1.165, 1.54) is 0 Å². The van der Waals surface area contributed by atoms with Crippen LogP contribution in [0.3, 0.4) is 0 Å². The Morgan fingerprint density at radius 1 is 1.29 bits per heavy atom. The fourth-order valence-electron chi connectivity index (χ4n) is 1.84. The molecule has 0 unspecified atom stereocenters. The summed E-state index contributed by atoms with van der Waals surface area (Å²) in [7, 11) is -3.86. The lowest BCUT2D eigenvalue weighted by molar-refractivity contribution is 0.456. The molecule has 0 aliphatic heterocycles. The number of hydrogen-bond acceptors (Lipinski definition) is 3. The highest BCUT2D eigenvalue weighted by Crippen LogP contribution is 2.13. The summed E-state index contributed by atoms with van der Waals surface area (Å²) in [6, 6.07) is 8.19. The van der Waals surface area contributed by atoms with E-state index in [1.807, 2.05) is 30.3 Å². The Hall–Kier alpha value is -0.690. The van der Waals surface area contributed by atoms with Gasteiger partial charge in [-0.2, -0.15) is 8.42 Å². The topological polar surface area (TPSA) is 66.4 Å². The molecule has 1 atom stereocenters. The van der Waals surface area contributed by atoms with Crippen LogP contribution >= 0.6 is 15.9 Å². The zero-order chi connectivity index (χ0) is 15.9. The summed E-state index contributed by atoms with van der Waals surface area (Å²) in [5, 5.41) is 3.30. The minimum Gasteiger partial charge on any atom is -0.310 e. The molecular weight excluding hydrogens is 354 g/mol. The molecule has 1 rings (SSSR count). The molecule has 21 heavy (non-hydrogen) atoms. The van der Waals surface area contributed by atoms with E-state index in [4.69, 9.17) is 4.55 Å². The van der Waals surface area contributed by atoms with Crippen LogP contribution in [0.1, 0.15) is 25.8 Å². The smallest absolute Gasteiger partial charge is 0.264 e. The van der Waals surface area contributed by atoms with E-state index < -0.39 is 10.1 Å². The van der Waals surface area contributed by atoms with E-state index in [0.29, 0.717) is 18.9 Å². The number of halogens is 1. The first-order valence-electron chi connectivity index (χ1n) is 6.90. The number of nitrogens with one attached hydrogen (secondary N) is 1. The van der Waals surface area contributed by atoms with Crippen LogP contribution in [-0.2, 0) is 10.1 Å². The summed E-state index contributed by atoms with van der Waals surface area (Å²) >= 11 is 3.40. The van der Waals surface area contributed by atoms with Crippen molar-refractivity contribution in [1.82, 2.24) is 5.32 Å². The minimum absolute atomic E-state index is 0.162. The van der Waals surface area contributed by atoms with E-state index in [9.17, 15) is 8.42 Å². The second-order valence-corrected chi connectivity index (χ2v) is 7.76. The number of hydrogen-bond donors (Lipinski definition) is 2. The fourth-order valence-corrected chi connectivity index (χ4v) is 2.61. The molecule has 0 radical (unpaired) electrons. The number of benzene rings is 1. The molecule has 1 aromatic rings. The summed E-state index contributed by atoms with van der Waals surface area (Å²) in [6.07, 6.45) is 4.53. The first-order chi connectivity index (χ1) is 9.78. The third-order valence-electron chi connectivity index (χ3n) is 3.04. The Balaban J connectivity index is 2.51. The SMILES string of the molecule is CC(C)[C@@H](/C=C/c1ccc(Br)cc1)NCCCS(=O)(=O)O. The Labute approximate surface area is 135 Å². The first-order valence-corrected chi connectivity index (χ1v) is 9.30. The van der Waals surface area contributed by atoms with Crippen molar-refractivity contribution in [3.05, 3.63) is 40.4 Å². The van der Waals surface area contributed by atoms with Crippen LogP contribution in [0, 0.1) is 5.92 Å². The maximum absolute atomic E-state index is 10.7. The van der Waals surface area contributed by atoms with E-state index >= 15 is 0 Å². The Bertz CT molecular complexity index is 553. The van der Waals surface area contributed by atoms with E-state index in [2.05, 4.69) is 41.2 Å². The predicted molar refractivity (Wildman–Crippen MR) is 90.8 cm³/mol. The van der Waals surface area contributed by atoms with Crippen molar-refractivity contribution in [1.29, 1.82) is 0 Å². The molecule has 0 bridgehead atoms. The summed E-state index contributed by atoms with van der Waals surface area (Å²) in [4.78, 5) is 0. The van der Waals surface area contributed by atoms with Crippen molar-refractivity contribution in [2.45, 2.75) is 26.3 Å². The summed E-state index contributed by atoms with van der Waals surface area (Å²) in [6.45, 7) is 4.76. The molecule has 0 saturated heterocycles. The van der Waals surface area contributed by atoms with Crippen LogP contribution in [0.4, 0.5) is 0 Å². The molecular formula is C15H22BrNO3S. The van der Waals surface area contributed by atoms with Crippen molar-refractivity contribution in [3.63, 3.8) is 0 Å². The molecule has 0 amide bonds. The molecule has 0 saturated carbocycles. The average molecular weight is 376 g/mol. The normalized spacial score (nSPS) is 14.0. The van der Waals surface area contributed by atoms with Gasteiger partial charge in [-0.25, -0.2) is 0 Å². The van der Waals surface area contributed by atoms with Crippen molar-refractivity contribution < 1.29 is 13.0 Å². The van der Waals surface area contributed by atoms with Gasteiger partial charge in [0.2, 0.25) is 0 Å². The maximum atomic E-state index is 10.7. The van der Waals surface area contributed by atoms with Gasteiger partial charge >= 0.3 is 0 Å². The quantitative estimate of drug-likeness (QED) is 0.539. The van der Waals surface area contributed by atoms with Crippen molar-refractivity contribution in [2.24, 2.45) is 5.92 Å². The van der Waals surface area contributed by atoms with Gasteiger partial charge in [-0.05, 0) is 36.6 Å². The Kier molecular flexibility index (Phi) is 7.59. The Morgan fingerprint density at radius 2 is 1.90 bits per heavy atom. The monoisotopic (exact) mass is 375 g/mol. The van der Waals surface area contributed by atoms with Crippen molar-refractivity contribution >= 4 is 32.1 Å². The summed E-state index contributed by atoms with van der Waals surface area (Å²) < 4.78 is 31.1. The van der Waals surface area contributed by atoms with Gasteiger partial charge in [0.25, 0.3) is 10.1 Å². The second-order valence-electron chi connectivity index (χ2n) is 5.27. The predicted octanol–water partition coefficient (Wildman–Crippen LogP) is 3.35. The molecule has 2 N–H and O–H groups in total. The lowest BCUT2D eigenvalue weighted by Gasteiger charge is -2.18. The third kappa shape index (κ3) is 8.36. The van der Waals surface area contributed by atoms with Gasteiger partial charge in [-0.15, -0.1) is 0 Å². The van der Waals surface area contributed by atoms with E-state index in [0.717, 1.165) is 10.0 Å². The lowest BCUT2D eigenvalue weighted by atomic mass is 10.0. The zero-order valence-corrected chi connectivity index (χ0v) is 14.7. The standard InChI is InChI=1S/C15H22BrNO3S/c1-12(2)15(17-10-3-11-21(18,19)20)9-6-13-4-7-14(16)8-5-13/h4-9,12,15,17H,3,10-11H2,1-2H3,(H,18,19,20)/b9-6+/t15-/m1/s1. The summed E-state index contributed by atoms with van der Waals surface area (Å²) in [5.74, 6) is 0.184. The molecule has 118 valence electrons. The summed E-state index contributed by atoms with van der Waals surface area (Å²) in [5.41, 5.74) is 1.11. The molecule has 0 aliphatic carbocycles. The van der Waals surface area contributed by atoms with Gasteiger partial charge in [-0.3, -0.25) is 4.55 Å². The molecule has 0 heterocycles. The molecule has 0 fully saturated rings. The van der Waals surface area contributed by atoms with Gasteiger partial charge < -0.3 is 5.32 Å². The molecule has 0 aromatic heterocycles. The van der Waals surface area contributed by atoms with Gasteiger partial charge in [0, 0.05) is 10.5 Å².